The minimum Gasteiger partial charge on any atom is -0.483 e. The molecule has 0 saturated carbocycles. The monoisotopic (exact) mass is 441 g/mol. The third kappa shape index (κ3) is 5.01. The molecule has 30 heavy (non-hydrogen) atoms. The first-order valence-electron chi connectivity index (χ1n) is 9.92. The second-order valence-corrected chi connectivity index (χ2v) is 9.06. The molecular weight excluding hydrogens is 418 g/mol. The van der Waals surface area contributed by atoms with Crippen molar-refractivity contribution in [1.29, 1.82) is 0 Å². The van der Waals surface area contributed by atoms with Gasteiger partial charge < -0.3 is 4.74 Å². The van der Waals surface area contributed by atoms with Gasteiger partial charge in [-0.05, 0) is 42.7 Å². The maximum atomic E-state index is 12.4. The van der Waals surface area contributed by atoms with Gasteiger partial charge in [-0.2, -0.15) is 0 Å². The molecule has 0 saturated heterocycles. The fraction of sp³-hybridized carbons (Fsp3) is 0.304. The van der Waals surface area contributed by atoms with Crippen LogP contribution in [-0.4, -0.2) is 28.9 Å². The highest BCUT2D eigenvalue weighted by molar-refractivity contribution is 7.15. The highest BCUT2D eigenvalue weighted by Crippen LogP contribution is 2.30. The highest BCUT2D eigenvalue weighted by atomic mass is 35.5. The van der Waals surface area contributed by atoms with E-state index >= 15 is 0 Å². The van der Waals surface area contributed by atoms with Crippen molar-refractivity contribution in [2.45, 2.75) is 33.4 Å². The number of fused-ring (bicyclic) bond motifs is 1. The molecule has 1 aromatic heterocycles. The molecule has 0 radical (unpaired) electrons. The minimum atomic E-state index is -0.212. The van der Waals surface area contributed by atoms with Gasteiger partial charge in [0.25, 0.3) is 5.91 Å². The molecule has 1 N–H and O–H groups in total. The van der Waals surface area contributed by atoms with Crippen LogP contribution in [0.4, 0.5) is 5.13 Å². The molecule has 0 atom stereocenters. The first-order valence-corrected chi connectivity index (χ1v) is 11.1. The summed E-state index contributed by atoms with van der Waals surface area (Å²) in [5.41, 5.74) is 4.22. The zero-order valence-electron chi connectivity index (χ0n) is 17.1. The second-order valence-electron chi connectivity index (χ2n) is 7.54. The maximum absolute atomic E-state index is 12.4. The Bertz CT molecular complexity index is 1030. The fourth-order valence-corrected chi connectivity index (χ4v) is 5.09. The number of nitrogens with zero attached hydrogens (tertiary/aromatic N) is 2. The van der Waals surface area contributed by atoms with Crippen LogP contribution in [0.15, 0.2) is 42.5 Å². The summed E-state index contributed by atoms with van der Waals surface area (Å²) in [6.07, 6.45) is 0.897. The first-order chi connectivity index (χ1) is 14.5. The fourth-order valence-electron chi connectivity index (χ4n) is 3.70. The predicted molar refractivity (Wildman–Crippen MR) is 121 cm³/mol. The molecular formula is C23H24ClN3O2S. The third-order valence-corrected chi connectivity index (χ3v) is 6.29. The van der Waals surface area contributed by atoms with Crippen molar-refractivity contribution in [3.63, 3.8) is 0 Å². The number of nitrogens with one attached hydrogen (secondary N) is 1. The smallest absolute Gasteiger partial charge is 0.264 e. The number of carbonyl (C=O) groups is 1. The van der Waals surface area contributed by atoms with E-state index in [0.717, 1.165) is 42.9 Å². The van der Waals surface area contributed by atoms with Gasteiger partial charge in [0, 0.05) is 36.0 Å². The molecule has 0 fully saturated rings. The van der Waals surface area contributed by atoms with E-state index in [4.69, 9.17) is 16.3 Å². The van der Waals surface area contributed by atoms with Gasteiger partial charge in [-0.3, -0.25) is 15.0 Å². The van der Waals surface area contributed by atoms with E-state index < -0.39 is 0 Å². The van der Waals surface area contributed by atoms with Crippen molar-refractivity contribution >= 4 is 34.0 Å². The van der Waals surface area contributed by atoms with Crippen LogP contribution in [-0.2, 0) is 24.3 Å². The number of thiazole rings is 1. The summed E-state index contributed by atoms with van der Waals surface area (Å²) in [6.45, 7) is 6.53. The molecule has 0 spiro atoms. The molecule has 3 aromatic rings. The third-order valence-electron chi connectivity index (χ3n) is 5.08. The van der Waals surface area contributed by atoms with Gasteiger partial charge in [0.15, 0.2) is 11.7 Å². The SMILES string of the molecule is Cc1cc(Cl)cc(C)c1OCC(=O)Nc1nc2c(s1)CN(Cc1ccccc1)CC2. The van der Waals surface area contributed by atoms with Crippen LogP contribution in [0.1, 0.15) is 27.3 Å². The molecule has 0 aliphatic carbocycles. The number of hydrogen-bond acceptors (Lipinski definition) is 5. The molecule has 156 valence electrons. The lowest BCUT2D eigenvalue weighted by Gasteiger charge is -2.25. The van der Waals surface area contributed by atoms with E-state index in [1.165, 1.54) is 10.4 Å². The van der Waals surface area contributed by atoms with Crippen molar-refractivity contribution in [2.75, 3.05) is 18.5 Å². The van der Waals surface area contributed by atoms with E-state index in [1.807, 2.05) is 32.0 Å². The molecule has 4 rings (SSSR count). The molecule has 5 nitrogen and oxygen atoms in total. The molecule has 1 aliphatic heterocycles. The Morgan fingerprint density at radius 3 is 2.70 bits per heavy atom. The summed E-state index contributed by atoms with van der Waals surface area (Å²) < 4.78 is 5.74. The zero-order valence-corrected chi connectivity index (χ0v) is 18.6. The number of aryl methyl sites for hydroxylation is 2. The number of rotatable bonds is 6. The Balaban J connectivity index is 1.34. The Kier molecular flexibility index (Phi) is 6.37. The van der Waals surface area contributed by atoms with Gasteiger partial charge in [-0.1, -0.05) is 41.9 Å². The van der Waals surface area contributed by atoms with E-state index in [1.54, 1.807) is 11.3 Å². The summed E-state index contributed by atoms with van der Waals surface area (Å²) >= 11 is 7.60. The van der Waals surface area contributed by atoms with Gasteiger partial charge in [0.2, 0.25) is 0 Å². The maximum Gasteiger partial charge on any atom is 0.264 e. The van der Waals surface area contributed by atoms with Crippen molar-refractivity contribution in [3.8, 4) is 5.75 Å². The van der Waals surface area contributed by atoms with Gasteiger partial charge in [-0.25, -0.2) is 4.98 Å². The Morgan fingerprint density at radius 1 is 1.23 bits per heavy atom. The molecule has 0 bridgehead atoms. The number of aromatic nitrogens is 1. The minimum absolute atomic E-state index is 0.0618. The standard InChI is InChI=1S/C23H24ClN3O2S/c1-15-10-18(24)11-16(2)22(15)29-14-21(28)26-23-25-19-8-9-27(13-20(19)30-23)12-17-6-4-3-5-7-17/h3-7,10-11H,8-9,12-14H2,1-2H3,(H,25,26,28). The summed E-state index contributed by atoms with van der Waals surface area (Å²) in [4.78, 5) is 20.6. The summed E-state index contributed by atoms with van der Waals surface area (Å²) in [5, 5.41) is 4.19. The van der Waals surface area contributed by atoms with E-state index in [2.05, 4.69) is 39.5 Å². The average molecular weight is 442 g/mol. The molecule has 2 aromatic carbocycles. The lowest BCUT2D eigenvalue weighted by atomic mass is 10.1. The summed E-state index contributed by atoms with van der Waals surface area (Å²) in [6, 6.07) is 14.1. The molecule has 7 heteroatoms. The van der Waals surface area contributed by atoms with Gasteiger partial charge in [0.05, 0.1) is 5.69 Å². The summed E-state index contributed by atoms with van der Waals surface area (Å²) in [7, 11) is 0. The lowest BCUT2D eigenvalue weighted by molar-refractivity contribution is -0.118. The zero-order chi connectivity index (χ0) is 21.1. The number of carbonyl (C=O) groups excluding carboxylic acids is 1. The molecule has 1 aliphatic rings. The molecule has 2 heterocycles. The van der Waals surface area contributed by atoms with Crippen LogP contribution in [0.2, 0.25) is 5.02 Å². The number of benzene rings is 2. The van der Waals surface area contributed by atoms with Crippen molar-refractivity contribution in [1.82, 2.24) is 9.88 Å². The lowest BCUT2D eigenvalue weighted by Crippen LogP contribution is -2.29. The van der Waals surface area contributed by atoms with Gasteiger partial charge >= 0.3 is 0 Å². The number of amides is 1. The number of hydrogen-bond donors (Lipinski definition) is 1. The van der Waals surface area contributed by atoms with Crippen molar-refractivity contribution in [2.24, 2.45) is 0 Å². The van der Waals surface area contributed by atoms with Crippen LogP contribution < -0.4 is 10.1 Å². The number of halogens is 1. The van der Waals surface area contributed by atoms with Crippen molar-refractivity contribution < 1.29 is 9.53 Å². The second kappa shape index (κ2) is 9.16. The molecule has 0 unspecified atom stereocenters. The average Bonchev–Trinajstić information content (AvgIpc) is 3.09. The van der Waals surface area contributed by atoms with E-state index in [-0.39, 0.29) is 12.5 Å². The van der Waals surface area contributed by atoms with Crippen LogP contribution in [0.5, 0.6) is 5.75 Å². The van der Waals surface area contributed by atoms with Gasteiger partial charge in [-0.15, -0.1) is 11.3 Å². The first kappa shape index (κ1) is 20.8. The quantitative estimate of drug-likeness (QED) is 0.585. The van der Waals surface area contributed by atoms with Crippen LogP contribution in [0.3, 0.4) is 0 Å². The van der Waals surface area contributed by atoms with Gasteiger partial charge in [0.1, 0.15) is 5.75 Å². The normalized spacial score (nSPS) is 13.7. The Labute approximate surface area is 185 Å². The highest BCUT2D eigenvalue weighted by Gasteiger charge is 2.21. The Hall–Kier alpha value is -2.41. The van der Waals surface area contributed by atoms with E-state index in [0.29, 0.717) is 15.9 Å². The van der Waals surface area contributed by atoms with Crippen LogP contribution in [0.25, 0.3) is 0 Å². The summed E-state index contributed by atoms with van der Waals surface area (Å²) in [5.74, 6) is 0.487. The Morgan fingerprint density at radius 2 is 1.97 bits per heavy atom. The largest absolute Gasteiger partial charge is 0.483 e. The topological polar surface area (TPSA) is 54.5 Å². The van der Waals surface area contributed by atoms with E-state index in [9.17, 15) is 4.79 Å². The van der Waals surface area contributed by atoms with Crippen LogP contribution >= 0.6 is 22.9 Å². The number of ether oxygens (including phenoxy) is 1. The molecule has 1 amide bonds. The predicted octanol–water partition coefficient (Wildman–Crippen LogP) is 4.99. The van der Waals surface area contributed by atoms with Crippen molar-refractivity contribution in [3.05, 3.63) is 74.7 Å². The number of anilines is 1. The van der Waals surface area contributed by atoms with Crippen LogP contribution in [0, 0.1) is 13.8 Å².